The highest BCUT2D eigenvalue weighted by molar-refractivity contribution is 5.71. The van der Waals surface area contributed by atoms with E-state index in [1.54, 1.807) is 0 Å². The summed E-state index contributed by atoms with van der Waals surface area (Å²) < 4.78 is 16.7. The van der Waals surface area contributed by atoms with Crippen LogP contribution in [-0.2, 0) is 28.6 Å². The largest absolute Gasteiger partial charge is 0.462 e. The molecule has 0 bridgehead atoms. The molecule has 0 saturated heterocycles. The lowest BCUT2D eigenvalue weighted by Crippen LogP contribution is -2.30. The van der Waals surface area contributed by atoms with Gasteiger partial charge in [0.1, 0.15) is 13.2 Å². The minimum absolute atomic E-state index is 0.128. The van der Waals surface area contributed by atoms with Gasteiger partial charge >= 0.3 is 17.9 Å². The molecule has 0 aliphatic rings. The van der Waals surface area contributed by atoms with E-state index in [1.165, 1.54) is 57.8 Å². The smallest absolute Gasteiger partial charge is 0.306 e. The molecule has 1 unspecified atom stereocenters. The minimum Gasteiger partial charge on any atom is -0.462 e. The predicted octanol–water partition coefficient (Wildman–Crippen LogP) is 16.4. The van der Waals surface area contributed by atoms with Crippen molar-refractivity contribution in [2.24, 2.45) is 0 Å². The van der Waals surface area contributed by atoms with Crippen LogP contribution in [0.4, 0.5) is 0 Å². The van der Waals surface area contributed by atoms with Crippen molar-refractivity contribution in [3.63, 3.8) is 0 Å². The number of esters is 3. The Morgan fingerprint density at radius 2 is 0.645 bits per heavy atom. The van der Waals surface area contributed by atoms with Gasteiger partial charge in [0.05, 0.1) is 0 Å². The molecule has 0 aliphatic heterocycles. The Labute approximate surface area is 380 Å². The van der Waals surface area contributed by atoms with Crippen LogP contribution in [-0.4, -0.2) is 37.2 Å². The Hall–Kier alpha value is -3.93. The Kier molecular flexibility index (Phi) is 46.6. The van der Waals surface area contributed by atoms with Gasteiger partial charge < -0.3 is 14.2 Å². The van der Waals surface area contributed by atoms with Crippen LogP contribution in [0.1, 0.15) is 207 Å². The molecule has 0 rings (SSSR count). The Bertz CT molecular complexity index is 1310. The molecule has 0 aromatic rings. The maximum absolute atomic E-state index is 12.8. The zero-order valence-corrected chi connectivity index (χ0v) is 39.8. The molecule has 0 aliphatic carbocycles. The summed E-state index contributed by atoms with van der Waals surface area (Å²) >= 11 is 0. The minimum atomic E-state index is -0.826. The maximum Gasteiger partial charge on any atom is 0.306 e. The first kappa shape index (κ1) is 58.1. The van der Waals surface area contributed by atoms with Gasteiger partial charge in [-0.3, -0.25) is 14.4 Å². The molecule has 0 N–H and O–H groups in total. The van der Waals surface area contributed by atoms with Crippen LogP contribution in [0.3, 0.4) is 0 Å². The van der Waals surface area contributed by atoms with Gasteiger partial charge in [0, 0.05) is 19.3 Å². The summed E-state index contributed by atoms with van der Waals surface area (Å²) in [6.07, 6.45) is 66.6. The molecule has 0 aromatic carbocycles. The molecule has 350 valence electrons. The van der Waals surface area contributed by atoms with E-state index in [9.17, 15) is 14.4 Å². The van der Waals surface area contributed by atoms with E-state index in [0.717, 1.165) is 96.3 Å². The van der Waals surface area contributed by atoms with Crippen molar-refractivity contribution in [3.8, 4) is 0 Å². The van der Waals surface area contributed by atoms with Crippen molar-refractivity contribution < 1.29 is 28.6 Å². The van der Waals surface area contributed by atoms with Gasteiger partial charge in [-0.05, 0) is 109 Å². The van der Waals surface area contributed by atoms with Crippen molar-refractivity contribution in [2.45, 2.75) is 213 Å². The van der Waals surface area contributed by atoms with Crippen molar-refractivity contribution in [2.75, 3.05) is 13.2 Å². The monoisotopic (exact) mass is 859 g/mol. The Balaban J connectivity index is 4.54. The average molecular weight is 859 g/mol. The Morgan fingerprint density at radius 1 is 0.339 bits per heavy atom. The van der Waals surface area contributed by atoms with Crippen LogP contribution < -0.4 is 0 Å². The Morgan fingerprint density at radius 3 is 1.05 bits per heavy atom. The molecule has 0 heterocycles. The molecule has 0 aromatic heterocycles. The third kappa shape index (κ3) is 47.1. The molecule has 0 amide bonds. The number of rotatable bonds is 43. The fraction of sp³-hybridized carbons (Fsp3) is 0.625. The normalized spacial score (nSPS) is 13.0. The number of unbranched alkanes of at least 4 members (excludes halogenated alkanes) is 14. The molecule has 0 spiro atoms. The van der Waals surface area contributed by atoms with Gasteiger partial charge in [-0.1, -0.05) is 188 Å². The van der Waals surface area contributed by atoms with Crippen molar-refractivity contribution in [3.05, 3.63) is 109 Å². The van der Waals surface area contributed by atoms with E-state index in [4.69, 9.17) is 14.2 Å². The second-order valence-electron chi connectivity index (χ2n) is 16.0. The highest BCUT2D eigenvalue weighted by Gasteiger charge is 2.19. The van der Waals surface area contributed by atoms with E-state index in [0.29, 0.717) is 19.3 Å². The van der Waals surface area contributed by atoms with Crippen molar-refractivity contribution in [1.82, 2.24) is 0 Å². The molecule has 6 nitrogen and oxygen atoms in total. The number of allylic oxidation sites excluding steroid dienone is 18. The molecule has 62 heavy (non-hydrogen) atoms. The van der Waals surface area contributed by atoms with E-state index in [1.807, 2.05) is 0 Å². The first-order valence-electron chi connectivity index (χ1n) is 24.9. The van der Waals surface area contributed by atoms with E-state index in [2.05, 4.69) is 130 Å². The van der Waals surface area contributed by atoms with Crippen LogP contribution >= 0.6 is 0 Å². The second-order valence-corrected chi connectivity index (χ2v) is 16.0. The topological polar surface area (TPSA) is 78.9 Å². The fourth-order valence-corrected chi connectivity index (χ4v) is 6.32. The molecule has 6 heteroatoms. The maximum atomic E-state index is 12.8. The summed E-state index contributed by atoms with van der Waals surface area (Å²) in [6, 6.07) is 0. The third-order valence-electron chi connectivity index (χ3n) is 9.99. The number of hydrogen-bond acceptors (Lipinski definition) is 6. The van der Waals surface area contributed by atoms with Crippen LogP contribution in [0.2, 0.25) is 0 Å². The number of hydrogen-bond donors (Lipinski definition) is 0. The van der Waals surface area contributed by atoms with Crippen molar-refractivity contribution in [1.29, 1.82) is 0 Å². The lowest BCUT2D eigenvalue weighted by molar-refractivity contribution is -0.167. The molecular formula is C56H90O6. The molecule has 1 atom stereocenters. The quantitative estimate of drug-likeness (QED) is 0.0263. The van der Waals surface area contributed by atoms with Gasteiger partial charge in [0.25, 0.3) is 0 Å². The van der Waals surface area contributed by atoms with Gasteiger partial charge in [0.2, 0.25) is 0 Å². The summed E-state index contributed by atoms with van der Waals surface area (Å²) in [5, 5.41) is 0. The summed E-state index contributed by atoms with van der Waals surface area (Å²) in [5.74, 6) is -1.05. The van der Waals surface area contributed by atoms with Crippen molar-refractivity contribution >= 4 is 17.9 Å². The van der Waals surface area contributed by atoms with Gasteiger partial charge in [-0.2, -0.15) is 0 Å². The summed E-state index contributed by atoms with van der Waals surface area (Å²) in [7, 11) is 0. The van der Waals surface area contributed by atoms with Crippen LogP contribution in [0, 0.1) is 0 Å². The first-order valence-corrected chi connectivity index (χ1v) is 24.9. The lowest BCUT2D eigenvalue weighted by Gasteiger charge is -2.18. The number of carbonyl (C=O) groups excluding carboxylic acids is 3. The lowest BCUT2D eigenvalue weighted by atomic mass is 10.1. The van der Waals surface area contributed by atoms with E-state index in [-0.39, 0.29) is 44.0 Å². The number of carbonyl (C=O) groups is 3. The van der Waals surface area contributed by atoms with E-state index < -0.39 is 6.10 Å². The zero-order valence-electron chi connectivity index (χ0n) is 39.8. The standard InChI is InChI=1S/C56H90O6/c1-4-7-10-13-16-19-22-24-26-28-30-31-34-37-40-43-46-49-55(58)61-52-53(51-60-54(57)48-45-42-39-36-33-21-18-15-12-9-6-3)62-56(59)50-47-44-41-38-35-32-29-27-25-23-20-17-14-11-8-5-2/h7,9-10,12,16,18-19,21,24,26-27,29-31,36-37,39-40,53H,4-6,8,11,13-15,17,20,22-23,25,28,32-35,38,41-52H2,1-3H3/b10-7-,12-9-,19-16-,21-18-,26-24-,29-27-,31-30-,39-36-,40-37-. The highest BCUT2D eigenvalue weighted by atomic mass is 16.6. The van der Waals surface area contributed by atoms with Crippen LogP contribution in [0.5, 0.6) is 0 Å². The highest BCUT2D eigenvalue weighted by Crippen LogP contribution is 2.12. The molecule has 0 fully saturated rings. The number of ether oxygens (including phenoxy) is 3. The van der Waals surface area contributed by atoms with Gasteiger partial charge in [-0.15, -0.1) is 0 Å². The second kappa shape index (κ2) is 49.7. The van der Waals surface area contributed by atoms with Crippen LogP contribution in [0.25, 0.3) is 0 Å². The third-order valence-corrected chi connectivity index (χ3v) is 9.99. The molecule has 0 saturated carbocycles. The first-order chi connectivity index (χ1) is 30.5. The summed E-state index contributed by atoms with van der Waals surface area (Å²) in [6.45, 7) is 6.28. The average Bonchev–Trinajstić information content (AvgIpc) is 3.27. The zero-order chi connectivity index (χ0) is 45.1. The van der Waals surface area contributed by atoms with Gasteiger partial charge in [0.15, 0.2) is 6.10 Å². The molecular weight excluding hydrogens is 769 g/mol. The van der Waals surface area contributed by atoms with E-state index >= 15 is 0 Å². The predicted molar refractivity (Wildman–Crippen MR) is 265 cm³/mol. The fourth-order valence-electron chi connectivity index (χ4n) is 6.32. The summed E-state index contributed by atoms with van der Waals surface area (Å²) in [4.78, 5) is 37.9. The van der Waals surface area contributed by atoms with Gasteiger partial charge in [-0.25, -0.2) is 0 Å². The summed E-state index contributed by atoms with van der Waals surface area (Å²) in [5.41, 5.74) is 0. The SMILES string of the molecule is CC/C=C\C/C=C\C/C=C\C/C=C\C/C=C\CCCC(=O)OCC(COC(=O)CCC/C=C\C/C=C\C/C=C\CC)OC(=O)CCCCCCC/C=C\CCCCCCCCC. The molecule has 0 radical (unpaired) electrons. The van der Waals surface area contributed by atoms with Crippen LogP contribution in [0.15, 0.2) is 109 Å².